The Labute approximate surface area is 113 Å². The number of rotatable bonds is 3. The molecule has 1 aromatic carbocycles. The topological polar surface area (TPSA) is 53.3 Å². The van der Waals surface area contributed by atoms with Crippen LogP contribution in [0.15, 0.2) is 24.3 Å². The van der Waals surface area contributed by atoms with Crippen molar-refractivity contribution in [2.75, 3.05) is 19.7 Å². The standard InChI is InChI=1S/C15H18N2O2/c1-2-19-14-8-4-3-7-13(14)15(18)17-9-5-6-12(10-16)11-17/h3-4,7-8,12H,2,5-6,9,11H2,1H3. The summed E-state index contributed by atoms with van der Waals surface area (Å²) in [5.41, 5.74) is 0.586. The minimum Gasteiger partial charge on any atom is -0.493 e. The summed E-state index contributed by atoms with van der Waals surface area (Å²) in [5, 5.41) is 8.99. The van der Waals surface area contributed by atoms with Crippen molar-refractivity contribution in [1.29, 1.82) is 5.26 Å². The quantitative estimate of drug-likeness (QED) is 0.836. The zero-order valence-electron chi connectivity index (χ0n) is 11.1. The number of nitrogens with zero attached hydrogens (tertiary/aromatic N) is 2. The van der Waals surface area contributed by atoms with Gasteiger partial charge in [0.2, 0.25) is 0 Å². The number of piperidine rings is 1. The number of benzene rings is 1. The second kappa shape index (κ2) is 6.24. The molecule has 1 aliphatic heterocycles. The molecule has 1 unspecified atom stereocenters. The van der Waals surface area contributed by atoms with Crippen molar-refractivity contribution in [2.24, 2.45) is 5.92 Å². The molecule has 1 fully saturated rings. The van der Waals surface area contributed by atoms with Crippen molar-refractivity contribution >= 4 is 5.91 Å². The van der Waals surface area contributed by atoms with Gasteiger partial charge in [0.1, 0.15) is 5.75 Å². The third-order valence-electron chi connectivity index (χ3n) is 3.31. The Morgan fingerprint density at radius 1 is 1.53 bits per heavy atom. The smallest absolute Gasteiger partial charge is 0.257 e. The summed E-state index contributed by atoms with van der Waals surface area (Å²) in [5.74, 6) is 0.537. The lowest BCUT2D eigenvalue weighted by Crippen LogP contribution is -2.39. The fourth-order valence-electron chi connectivity index (χ4n) is 2.36. The van der Waals surface area contributed by atoms with Gasteiger partial charge in [-0.2, -0.15) is 5.26 Å². The molecule has 0 aromatic heterocycles. The molecule has 0 bridgehead atoms. The summed E-state index contributed by atoms with van der Waals surface area (Å²) in [6.07, 6.45) is 1.77. The molecule has 0 aliphatic carbocycles. The van der Waals surface area contributed by atoms with E-state index < -0.39 is 0 Å². The number of hydrogen-bond donors (Lipinski definition) is 0. The predicted molar refractivity (Wildman–Crippen MR) is 71.9 cm³/mol. The average Bonchev–Trinajstić information content (AvgIpc) is 2.47. The molecule has 0 radical (unpaired) electrons. The summed E-state index contributed by atoms with van der Waals surface area (Å²) >= 11 is 0. The van der Waals surface area contributed by atoms with Crippen LogP contribution in [0.4, 0.5) is 0 Å². The zero-order valence-corrected chi connectivity index (χ0v) is 11.1. The van der Waals surface area contributed by atoms with E-state index in [0.717, 1.165) is 19.4 Å². The maximum atomic E-state index is 12.5. The summed E-state index contributed by atoms with van der Waals surface area (Å²) in [4.78, 5) is 14.3. The van der Waals surface area contributed by atoms with Crippen molar-refractivity contribution in [3.05, 3.63) is 29.8 Å². The maximum Gasteiger partial charge on any atom is 0.257 e. The zero-order chi connectivity index (χ0) is 13.7. The van der Waals surface area contributed by atoms with E-state index >= 15 is 0 Å². The molecule has 1 atom stereocenters. The minimum absolute atomic E-state index is 0.0380. The van der Waals surface area contributed by atoms with Crippen LogP contribution in [0.2, 0.25) is 0 Å². The molecule has 1 amide bonds. The monoisotopic (exact) mass is 258 g/mol. The van der Waals surface area contributed by atoms with E-state index in [1.807, 2.05) is 25.1 Å². The molecule has 19 heavy (non-hydrogen) atoms. The Hall–Kier alpha value is -2.02. The van der Waals surface area contributed by atoms with Gasteiger partial charge in [-0.15, -0.1) is 0 Å². The molecular formula is C15H18N2O2. The van der Waals surface area contributed by atoms with Crippen LogP contribution in [0.3, 0.4) is 0 Å². The number of carbonyl (C=O) groups is 1. The van der Waals surface area contributed by atoms with Gasteiger partial charge in [0.05, 0.1) is 24.2 Å². The van der Waals surface area contributed by atoms with Gasteiger partial charge in [0, 0.05) is 13.1 Å². The van der Waals surface area contributed by atoms with Crippen LogP contribution < -0.4 is 4.74 Å². The van der Waals surface area contributed by atoms with Crippen LogP contribution in [0.1, 0.15) is 30.1 Å². The largest absolute Gasteiger partial charge is 0.493 e. The number of nitriles is 1. The molecule has 4 nitrogen and oxygen atoms in total. The van der Waals surface area contributed by atoms with Crippen LogP contribution in [0.5, 0.6) is 5.75 Å². The lowest BCUT2D eigenvalue weighted by atomic mass is 9.99. The first-order valence-corrected chi connectivity index (χ1v) is 6.67. The number of likely N-dealkylation sites (tertiary alicyclic amines) is 1. The Bertz CT molecular complexity index is 493. The Kier molecular flexibility index (Phi) is 4.40. The first-order chi connectivity index (χ1) is 9.26. The van der Waals surface area contributed by atoms with Crippen molar-refractivity contribution in [2.45, 2.75) is 19.8 Å². The number of hydrogen-bond acceptors (Lipinski definition) is 3. The summed E-state index contributed by atoms with van der Waals surface area (Å²) < 4.78 is 5.49. The SMILES string of the molecule is CCOc1ccccc1C(=O)N1CCCC(C#N)C1. The molecule has 4 heteroatoms. The molecule has 1 heterocycles. The van der Waals surface area contributed by atoms with E-state index in [0.29, 0.717) is 24.5 Å². The average molecular weight is 258 g/mol. The van der Waals surface area contributed by atoms with Crippen molar-refractivity contribution in [1.82, 2.24) is 4.90 Å². The van der Waals surface area contributed by atoms with Gasteiger partial charge in [-0.05, 0) is 31.9 Å². The number of carbonyl (C=O) groups excluding carboxylic acids is 1. The highest BCUT2D eigenvalue weighted by Gasteiger charge is 2.25. The fraction of sp³-hybridized carbons (Fsp3) is 0.467. The van der Waals surface area contributed by atoms with E-state index in [2.05, 4.69) is 6.07 Å². The molecule has 0 spiro atoms. The van der Waals surface area contributed by atoms with E-state index in [9.17, 15) is 4.79 Å². The predicted octanol–water partition coefficient (Wildman–Crippen LogP) is 2.46. The number of para-hydroxylation sites is 1. The van der Waals surface area contributed by atoms with Gasteiger partial charge in [0.25, 0.3) is 5.91 Å². The molecular weight excluding hydrogens is 240 g/mol. The van der Waals surface area contributed by atoms with Gasteiger partial charge >= 0.3 is 0 Å². The lowest BCUT2D eigenvalue weighted by Gasteiger charge is -2.30. The van der Waals surface area contributed by atoms with E-state index in [1.165, 1.54) is 0 Å². The van der Waals surface area contributed by atoms with E-state index in [4.69, 9.17) is 10.00 Å². The van der Waals surface area contributed by atoms with Crippen LogP contribution >= 0.6 is 0 Å². The van der Waals surface area contributed by atoms with Crippen molar-refractivity contribution in [3.8, 4) is 11.8 Å². The van der Waals surface area contributed by atoms with Gasteiger partial charge in [-0.3, -0.25) is 4.79 Å². The Morgan fingerprint density at radius 2 is 2.32 bits per heavy atom. The number of amides is 1. The van der Waals surface area contributed by atoms with Crippen LogP contribution in [0, 0.1) is 17.2 Å². The molecule has 1 saturated heterocycles. The van der Waals surface area contributed by atoms with Gasteiger partial charge in [-0.25, -0.2) is 0 Å². The highest BCUT2D eigenvalue weighted by atomic mass is 16.5. The van der Waals surface area contributed by atoms with Crippen molar-refractivity contribution < 1.29 is 9.53 Å². The highest BCUT2D eigenvalue weighted by molar-refractivity contribution is 5.97. The minimum atomic E-state index is -0.0445. The summed E-state index contributed by atoms with van der Waals surface area (Å²) in [6, 6.07) is 9.54. The molecule has 1 aliphatic rings. The van der Waals surface area contributed by atoms with Gasteiger partial charge < -0.3 is 9.64 Å². The van der Waals surface area contributed by atoms with E-state index in [1.54, 1.807) is 11.0 Å². The third kappa shape index (κ3) is 3.05. The second-order valence-electron chi connectivity index (χ2n) is 4.65. The van der Waals surface area contributed by atoms with Crippen molar-refractivity contribution in [3.63, 3.8) is 0 Å². The fourth-order valence-corrected chi connectivity index (χ4v) is 2.36. The van der Waals surface area contributed by atoms with E-state index in [-0.39, 0.29) is 11.8 Å². The first kappa shape index (κ1) is 13.4. The first-order valence-electron chi connectivity index (χ1n) is 6.67. The maximum absolute atomic E-state index is 12.5. The Morgan fingerprint density at radius 3 is 3.05 bits per heavy atom. The summed E-state index contributed by atoms with van der Waals surface area (Å²) in [7, 11) is 0. The van der Waals surface area contributed by atoms with Crippen LogP contribution in [-0.4, -0.2) is 30.5 Å². The molecule has 0 saturated carbocycles. The molecule has 100 valence electrons. The normalized spacial score (nSPS) is 18.7. The Balaban J connectivity index is 2.17. The van der Waals surface area contributed by atoms with Gasteiger partial charge in [-0.1, -0.05) is 12.1 Å². The van der Waals surface area contributed by atoms with Crippen LogP contribution in [0.25, 0.3) is 0 Å². The van der Waals surface area contributed by atoms with Crippen LogP contribution in [-0.2, 0) is 0 Å². The molecule has 2 rings (SSSR count). The molecule has 1 aromatic rings. The second-order valence-corrected chi connectivity index (χ2v) is 4.65. The summed E-state index contributed by atoms with van der Waals surface area (Å²) in [6.45, 7) is 3.67. The lowest BCUT2D eigenvalue weighted by molar-refractivity contribution is 0.0694. The molecule has 0 N–H and O–H groups in total. The van der Waals surface area contributed by atoms with Gasteiger partial charge in [0.15, 0.2) is 0 Å². The third-order valence-corrected chi connectivity index (χ3v) is 3.31. The highest BCUT2D eigenvalue weighted by Crippen LogP contribution is 2.23. The number of ether oxygens (including phenoxy) is 1.